The summed E-state index contributed by atoms with van der Waals surface area (Å²) in [5, 5.41) is 0. The average molecular weight is 97.1 g/mol. The van der Waals surface area contributed by atoms with Crippen molar-refractivity contribution in [1.29, 1.82) is 0 Å². The van der Waals surface area contributed by atoms with Crippen LogP contribution >= 0.6 is 12.2 Å². The highest BCUT2D eigenvalue weighted by Gasteiger charge is 1.88. The van der Waals surface area contributed by atoms with Gasteiger partial charge in [-0.2, -0.15) is 0 Å². The van der Waals surface area contributed by atoms with E-state index in [-0.39, 0.29) is 0 Å². The molecule has 0 aromatic heterocycles. The topological polar surface area (TPSA) is 24.7 Å². The van der Waals surface area contributed by atoms with E-state index >= 15 is 0 Å². The monoisotopic (exact) mass is 97.0 g/mol. The third-order valence-corrected chi connectivity index (χ3v) is 0.590. The van der Waals surface area contributed by atoms with Crippen LogP contribution in [0.1, 0.15) is 0 Å². The zero-order valence-electron chi connectivity index (χ0n) is 2.88. The minimum absolute atomic E-state index is 0.440. The van der Waals surface area contributed by atoms with E-state index in [9.17, 15) is 0 Å². The molecule has 0 fully saturated rings. The molecule has 0 N–H and O–H groups in total. The Morgan fingerprint density at radius 2 is 2.67 bits per heavy atom. The van der Waals surface area contributed by atoms with Gasteiger partial charge in [-0.15, -0.1) is 0 Å². The van der Waals surface area contributed by atoms with E-state index in [1.165, 1.54) is 6.34 Å². The fourth-order valence-electron chi connectivity index (χ4n) is 0.194. The second-order valence-electron chi connectivity index (χ2n) is 0.791. The molecular weight excluding hydrogens is 96.1 g/mol. The van der Waals surface area contributed by atoms with Crippen molar-refractivity contribution in [2.24, 2.45) is 9.98 Å². The fourth-order valence-corrected chi connectivity index (χ4v) is 0.294. The molecular formula is C3HN2S. The van der Waals surface area contributed by atoms with Gasteiger partial charge in [0.05, 0.1) is 0 Å². The third-order valence-electron chi connectivity index (χ3n) is 0.393. The van der Waals surface area contributed by atoms with E-state index in [0.29, 0.717) is 4.99 Å². The molecule has 29 valence electrons. The molecule has 1 radical (unpaired) electrons. The Morgan fingerprint density at radius 3 is 2.83 bits per heavy atom. The highest BCUT2D eigenvalue weighted by molar-refractivity contribution is 7.81. The Hall–Kier alpha value is -0.570. The van der Waals surface area contributed by atoms with Gasteiger partial charge in [-0.05, 0) is 0 Å². The molecule has 0 amide bonds. The van der Waals surface area contributed by atoms with Gasteiger partial charge in [0, 0.05) is 0 Å². The van der Waals surface area contributed by atoms with Crippen LogP contribution in [-0.2, 0) is 0 Å². The molecule has 0 unspecified atom stereocenters. The number of nitrogens with zero attached hydrogens (tertiary/aromatic N) is 2. The molecule has 2 nitrogen and oxygen atoms in total. The maximum atomic E-state index is 4.52. The van der Waals surface area contributed by atoms with E-state index in [2.05, 4.69) is 28.4 Å². The third kappa shape index (κ3) is 0.490. The Labute approximate surface area is 40.6 Å². The van der Waals surface area contributed by atoms with Gasteiger partial charge >= 0.3 is 0 Å². The van der Waals surface area contributed by atoms with Crippen LogP contribution in [0.25, 0.3) is 0 Å². The van der Waals surface area contributed by atoms with Gasteiger partial charge < -0.3 is 0 Å². The summed E-state index contributed by atoms with van der Waals surface area (Å²) in [6.45, 7) is 0. The molecule has 0 aliphatic carbocycles. The summed E-state index contributed by atoms with van der Waals surface area (Å²) in [5.74, 6) is 0. The number of aliphatic imine (C=N–C) groups is 2. The second kappa shape index (κ2) is 1.26. The zero-order chi connectivity index (χ0) is 4.41. The largest absolute Gasteiger partial charge is 0.231 e. The highest BCUT2D eigenvalue weighted by Crippen LogP contribution is 1.80. The molecule has 1 aliphatic heterocycles. The van der Waals surface area contributed by atoms with E-state index in [0.717, 1.165) is 0 Å². The van der Waals surface area contributed by atoms with Crippen LogP contribution in [0.4, 0.5) is 0 Å². The lowest BCUT2D eigenvalue weighted by Gasteiger charge is -1.63. The maximum absolute atomic E-state index is 4.52. The molecule has 0 bridgehead atoms. The van der Waals surface area contributed by atoms with E-state index in [4.69, 9.17) is 0 Å². The fraction of sp³-hybridized carbons (Fsp3) is 0. The van der Waals surface area contributed by atoms with Crippen molar-refractivity contribution < 1.29 is 0 Å². The molecule has 0 saturated carbocycles. The van der Waals surface area contributed by atoms with Crippen molar-refractivity contribution in [2.45, 2.75) is 0 Å². The van der Waals surface area contributed by atoms with Crippen molar-refractivity contribution in [2.75, 3.05) is 0 Å². The molecule has 0 aromatic carbocycles. The normalized spacial score (nSPS) is 17.0. The number of thiocarbonyl (C=S) groups is 1. The van der Waals surface area contributed by atoms with Crippen molar-refractivity contribution >= 4 is 29.8 Å². The first kappa shape index (κ1) is 3.61. The standard InChI is InChI=1S/C3HN2S/c6-3-1-4-2-5-3/h2H. The van der Waals surface area contributed by atoms with E-state index in [1.807, 2.05) is 0 Å². The Bertz CT molecular complexity index is 111. The molecule has 6 heavy (non-hydrogen) atoms. The minimum atomic E-state index is 0.440. The van der Waals surface area contributed by atoms with Gasteiger partial charge in [-0.3, -0.25) is 0 Å². The number of hydrogen-bond donors (Lipinski definition) is 0. The lowest BCUT2D eigenvalue weighted by Crippen LogP contribution is -1.79. The van der Waals surface area contributed by atoms with E-state index < -0.39 is 0 Å². The van der Waals surface area contributed by atoms with Crippen molar-refractivity contribution in [1.82, 2.24) is 0 Å². The van der Waals surface area contributed by atoms with Crippen molar-refractivity contribution in [3.05, 3.63) is 0 Å². The van der Waals surface area contributed by atoms with Crippen LogP contribution < -0.4 is 0 Å². The molecule has 0 atom stereocenters. The first-order valence-electron chi connectivity index (χ1n) is 1.42. The predicted octanol–water partition coefficient (Wildman–Crippen LogP) is 0.303. The second-order valence-corrected chi connectivity index (χ2v) is 1.18. The van der Waals surface area contributed by atoms with Gasteiger partial charge in [0.2, 0.25) is 0 Å². The highest BCUT2D eigenvalue weighted by atomic mass is 32.1. The smallest absolute Gasteiger partial charge is 0.155 e. The van der Waals surface area contributed by atoms with Gasteiger partial charge in [-0.1, -0.05) is 12.2 Å². The average Bonchev–Trinajstić information content (AvgIpc) is 1.86. The predicted molar refractivity (Wildman–Crippen MR) is 28.5 cm³/mol. The minimum Gasteiger partial charge on any atom is -0.231 e. The van der Waals surface area contributed by atoms with Crippen LogP contribution in [0, 0.1) is 0 Å². The van der Waals surface area contributed by atoms with Crippen LogP contribution in [0.15, 0.2) is 9.98 Å². The molecule has 1 aliphatic rings. The van der Waals surface area contributed by atoms with Crippen molar-refractivity contribution in [3.63, 3.8) is 0 Å². The SMILES string of the molecule is S=C1[C]=NC=N1. The molecule has 0 aromatic rings. The lowest BCUT2D eigenvalue weighted by atomic mass is 10.8. The Morgan fingerprint density at radius 1 is 1.83 bits per heavy atom. The summed E-state index contributed by atoms with van der Waals surface area (Å²) in [6.07, 6.45) is 3.83. The van der Waals surface area contributed by atoms with Gasteiger partial charge in [0.15, 0.2) is 4.99 Å². The number of rotatable bonds is 0. The summed E-state index contributed by atoms with van der Waals surface area (Å²) in [7, 11) is 0. The zero-order valence-corrected chi connectivity index (χ0v) is 3.70. The summed E-state index contributed by atoms with van der Waals surface area (Å²) in [4.78, 5) is 7.49. The summed E-state index contributed by atoms with van der Waals surface area (Å²) < 4.78 is 0. The molecule has 3 heteroatoms. The molecule has 0 saturated heterocycles. The summed E-state index contributed by atoms with van der Waals surface area (Å²) in [6, 6.07) is 0. The van der Waals surface area contributed by atoms with Crippen LogP contribution in [-0.4, -0.2) is 17.5 Å². The van der Waals surface area contributed by atoms with Crippen LogP contribution in [0.5, 0.6) is 0 Å². The first-order chi connectivity index (χ1) is 2.89. The van der Waals surface area contributed by atoms with Gasteiger partial charge in [0.1, 0.15) is 12.6 Å². The first-order valence-corrected chi connectivity index (χ1v) is 1.83. The summed E-state index contributed by atoms with van der Waals surface area (Å²) in [5.41, 5.74) is 0. The van der Waals surface area contributed by atoms with Crippen molar-refractivity contribution in [3.8, 4) is 0 Å². The summed E-state index contributed by atoms with van der Waals surface area (Å²) >= 11 is 4.52. The molecule has 1 heterocycles. The molecule has 0 spiro atoms. The van der Waals surface area contributed by atoms with Gasteiger partial charge in [0.25, 0.3) is 0 Å². The van der Waals surface area contributed by atoms with Crippen LogP contribution in [0.2, 0.25) is 0 Å². The lowest BCUT2D eigenvalue weighted by molar-refractivity contribution is 1.79. The van der Waals surface area contributed by atoms with Crippen LogP contribution in [0.3, 0.4) is 0 Å². The van der Waals surface area contributed by atoms with Gasteiger partial charge in [-0.25, -0.2) is 9.98 Å². The Balaban J connectivity index is 2.86. The quantitative estimate of drug-likeness (QED) is 0.399. The molecule has 1 rings (SSSR count). The Kier molecular flexibility index (Phi) is 0.759. The van der Waals surface area contributed by atoms with E-state index in [1.54, 1.807) is 0 Å². The number of hydrogen-bond acceptors (Lipinski definition) is 2. The maximum Gasteiger partial charge on any atom is 0.155 e.